The lowest BCUT2D eigenvalue weighted by atomic mass is 9.98. The van der Waals surface area contributed by atoms with Gasteiger partial charge in [0.25, 0.3) is 0 Å². The molecule has 0 radical (unpaired) electrons. The molecule has 0 unspecified atom stereocenters. The zero-order valence-corrected chi connectivity index (χ0v) is 10.7. The van der Waals surface area contributed by atoms with Crippen LogP contribution in [0, 0.1) is 0 Å². The summed E-state index contributed by atoms with van der Waals surface area (Å²) in [6.07, 6.45) is 1.12. The number of alkyl halides is 3. The molecule has 1 aromatic heterocycles. The van der Waals surface area contributed by atoms with E-state index in [1.807, 2.05) is 0 Å². The summed E-state index contributed by atoms with van der Waals surface area (Å²) in [7, 11) is 0. The van der Waals surface area contributed by atoms with Crippen LogP contribution in [0.5, 0.6) is 0 Å². The second-order valence-electron chi connectivity index (χ2n) is 5.04. The molecule has 2 aromatic rings. The molecule has 104 valence electrons. The smallest absolute Gasteiger partial charge is 0.245 e. The monoisotopic (exact) mass is 278 g/mol. The molecule has 0 bridgehead atoms. The van der Waals surface area contributed by atoms with Crippen LogP contribution in [-0.2, 0) is 12.6 Å². The van der Waals surface area contributed by atoms with E-state index in [4.69, 9.17) is 0 Å². The van der Waals surface area contributed by atoms with Gasteiger partial charge in [0.15, 0.2) is 0 Å². The van der Waals surface area contributed by atoms with Crippen LogP contribution in [0.2, 0.25) is 0 Å². The Balaban J connectivity index is 1.96. The standard InChI is InChI=1S/C15H13F3N2/c16-15(17,18)13-4-2-1-3-11(13)7-12-8-19-9-20-14(12)10-5-6-10/h1-4,8-10H,5-7H2. The number of hydrogen-bond acceptors (Lipinski definition) is 2. The maximum atomic E-state index is 13.0. The Kier molecular flexibility index (Phi) is 3.20. The molecule has 3 rings (SSSR count). The van der Waals surface area contributed by atoms with E-state index in [1.54, 1.807) is 12.3 Å². The predicted molar refractivity (Wildman–Crippen MR) is 68.3 cm³/mol. The van der Waals surface area contributed by atoms with Crippen LogP contribution in [0.1, 0.15) is 41.1 Å². The summed E-state index contributed by atoms with van der Waals surface area (Å²) in [5.74, 6) is 0.394. The fourth-order valence-corrected chi connectivity index (χ4v) is 2.38. The van der Waals surface area contributed by atoms with E-state index in [0.29, 0.717) is 5.92 Å². The fraction of sp³-hybridized carbons (Fsp3) is 0.333. The first-order valence-electron chi connectivity index (χ1n) is 6.49. The van der Waals surface area contributed by atoms with Crippen molar-refractivity contribution in [3.63, 3.8) is 0 Å². The molecule has 0 amide bonds. The fourth-order valence-electron chi connectivity index (χ4n) is 2.38. The van der Waals surface area contributed by atoms with Crippen molar-refractivity contribution in [3.8, 4) is 0 Å². The van der Waals surface area contributed by atoms with E-state index in [9.17, 15) is 13.2 Å². The first-order valence-corrected chi connectivity index (χ1v) is 6.49. The molecule has 1 aliphatic carbocycles. The minimum Gasteiger partial charge on any atom is -0.245 e. The summed E-state index contributed by atoms with van der Waals surface area (Å²) in [4.78, 5) is 8.19. The SMILES string of the molecule is FC(F)(F)c1ccccc1Cc1cncnc1C1CC1. The molecule has 1 aromatic carbocycles. The molecule has 0 atom stereocenters. The number of halogens is 3. The third kappa shape index (κ3) is 2.66. The highest BCUT2D eigenvalue weighted by atomic mass is 19.4. The largest absolute Gasteiger partial charge is 0.416 e. The van der Waals surface area contributed by atoms with Crippen molar-refractivity contribution in [1.29, 1.82) is 0 Å². The van der Waals surface area contributed by atoms with Crippen LogP contribution < -0.4 is 0 Å². The average Bonchev–Trinajstić information content (AvgIpc) is 3.23. The van der Waals surface area contributed by atoms with Gasteiger partial charge in [-0.1, -0.05) is 18.2 Å². The highest BCUT2D eigenvalue weighted by molar-refractivity contribution is 5.36. The lowest BCUT2D eigenvalue weighted by molar-refractivity contribution is -0.138. The van der Waals surface area contributed by atoms with Crippen LogP contribution in [0.4, 0.5) is 13.2 Å². The maximum absolute atomic E-state index is 13.0. The highest BCUT2D eigenvalue weighted by Gasteiger charge is 2.33. The van der Waals surface area contributed by atoms with Gasteiger partial charge in [0.2, 0.25) is 0 Å². The van der Waals surface area contributed by atoms with E-state index in [0.717, 1.165) is 30.2 Å². The number of rotatable bonds is 3. The van der Waals surface area contributed by atoms with Crippen molar-refractivity contribution in [1.82, 2.24) is 9.97 Å². The van der Waals surface area contributed by atoms with Gasteiger partial charge in [-0.15, -0.1) is 0 Å². The minimum absolute atomic E-state index is 0.225. The first-order chi connectivity index (χ1) is 9.55. The summed E-state index contributed by atoms with van der Waals surface area (Å²) in [5.41, 5.74) is 1.39. The molecule has 0 aliphatic heterocycles. The molecule has 1 heterocycles. The molecule has 0 spiro atoms. The van der Waals surface area contributed by atoms with Crippen molar-refractivity contribution in [2.75, 3.05) is 0 Å². The van der Waals surface area contributed by atoms with E-state index in [-0.39, 0.29) is 12.0 Å². The van der Waals surface area contributed by atoms with Crippen molar-refractivity contribution >= 4 is 0 Å². The number of nitrogens with zero attached hydrogens (tertiary/aromatic N) is 2. The van der Waals surface area contributed by atoms with E-state index in [2.05, 4.69) is 9.97 Å². The van der Waals surface area contributed by atoms with Gasteiger partial charge >= 0.3 is 6.18 Å². The van der Waals surface area contributed by atoms with Crippen LogP contribution in [0.25, 0.3) is 0 Å². The second-order valence-corrected chi connectivity index (χ2v) is 5.04. The third-order valence-electron chi connectivity index (χ3n) is 3.49. The van der Waals surface area contributed by atoms with E-state index in [1.165, 1.54) is 18.5 Å². The number of hydrogen-bond donors (Lipinski definition) is 0. The van der Waals surface area contributed by atoms with Crippen molar-refractivity contribution in [2.24, 2.45) is 0 Å². The lowest BCUT2D eigenvalue weighted by Gasteiger charge is -2.13. The molecule has 1 saturated carbocycles. The summed E-state index contributed by atoms with van der Waals surface area (Å²) in [6.45, 7) is 0. The predicted octanol–water partition coefficient (Wildman–Crippen LogP) is 3.96. The molecule has 0 saturated heterocycles. The van der Waals surface area contributed by atoms with E-state index < -0.39 is 11.7 Å². The van der Waals surface area contributed by atoms with Gasteiger partial charge in [0.05, 0.1) is 11.3 Å². The van der Waals surface area contributed by atoms with Gasteiger partial charge < -0.3 is 0 Å². The van der Waals surface area contributed by atoms with Gasteiger partial charge in [-0.3, -0.25) is 0 Å². The van der Waals surface area contributed by atoms with E-state index >= 15 is 0 Å². The highest BCUT2D eigenvalue weighted by Crippen LogP contribution is 2.41. The van der Waals surface area contributed by atoms with Crippen LogP contribution >= 0.6 is 0 Å². The summed E-state index contributed by atoms with van der Waals surface area (Å²) in [6, 6.07) is 5.68. The molecule has 5 heteroatoms. The summed E-state index contributed by atoms with van der Waals surface area (Å²) >= 11 is 0. The minimum atomic E-state index is -4.33. The first kappa shape index (κ1) is 13.1. The maximum Gasteiger partial charge on any atom is 0.416 e. The Labute approximate surface area is 114 Å². The molecular formula is C15H13F3N2. The van der Waals surface area contributed by atoms with Crippen molar-refractivity contribution in [3.05, 3.63) is 59.2 Å². The third-order valence-corrected chi connectivity index (χ3v) is 3.49. The second kappa shape index (κ2) is 4.89. The number of aromatic nitrogens is 2. The Hall–Kier alpha value is -1.91. The van der Waals surface area contributed by atoms with Crippen molar-refractivity contribution in [2.45, 2.75) is 31.4 Å². The zero-order valence-electron chi connectivity index (χ0n) is 10.7. The molecule has 2 nitrogen and oxygen atoms in total. The lowest BCUT2D eigenvalue weighted by Crippen LogP contribution is -2.10. The quantitative estimate of drug-likeness (QED) is 0.849. The van der Waals surface area contributed by atoms with Crippen LogP contribution in [-0.4, -0.2) is 9.97 Å². The summed E-state index contributed by atoms with van der Waals surface area (Å²) in [5, 5.41) is 0. The van der Waals surface area contributed by atoms with Crippen molar-refractivity contribution < 1.29 is 13.2 Å². The zero-order chi connectivity index (χ0) is 14.2. The van der Waals surface area contributed by atoms with Crippen LogP contribution in [0.3, 0.4) is 0 Å². The van der Waals surface area contributed by atoms with Gasteiger partial charge in [-0.25, -0.2) is 9.97 Å². The van der Waals surface area contributed by atoms with Gasteiger partial charge in [-0.05, 0) is 30.0 Å². The average molecular weight is 278 g/mol. The Morgan fingerprint density at radius 3 is 2.55 bits per heavy atom. The Morgan fingerprint density at radius 1 is 1.10 bits per heavy atom. The topological polar surface area (TPSA) is 25.8 Å². The molecule has 0 N–H and O–H groups in total. The van der Waals surface area contributed by atoms with Gasteiger partial charge in [-0.2, -0.15) is 13.2 Å². The van der Waals surface area contributed by atoms with Gasteiger partial charge in [0, 0.05) is 18.5 Å². The van der Waals surface area contributed by atoms with Gasteiger partial charge in [0.1, 0.15) is 6.33 Å². The molecule has 1 fully saturated rings. The molecule has 1 aliphatic rings. The Bertz CT molecular complexity index is 619. The molecular weight excluding hydrogens is 265 g/mol. The normalized spacial score (nSPS) is 15.3. The summed E-state index contributed by atoms with van der Waals surface area (Å²) < 4.78 is 39.0. The number of benzene rings is 1. The van der Waals surface area contributed by atoms with Crippen LogP contribution in [0.15, 0.2) is 36.8 Å². The molecule has 20 heavy (non-hydrogen) atoms. The Morgan fingerprint density at radius 2 is 1.85 bits per heavy atom.